The number of H-pyrrole nitrogens is 1. The highest BCUT2D eigenvalue weighted by Crippen LogP contribution is 2.18. The summed E-state index contributed by atoms with van der Waals surface area (Å²) in [6, 6.07) is 9.34. The Hall–Kier alpha value is -3.55. The third kappa shape index (κ3) is 2.97. The van der Waals surface area contributed by atoms with Gasteiger partial charge in [-0.15, -0.1) is 0 Å². The summed E-state index contributed by atoms with van der Waals surface area (Å²) in [7, 11) is 0. The average molecular weight is 334 g/mol. The zero-order valence-corrected chi connectivity index (χ0v) is 13.4. The maximum Gasteiger partial charge on any atom is 0.272 e. The Morgan fingerprint density at radius 3 is 2.92 bits per heavy atom. The van der Waals surface area contributed by atoms with Crippen molar-refractivity contribution in [1.82, 2.24) is 30.6 Å². The van der Waals surface area contributed by atoms with E-state index in [1.807, 2.05) is 25.1 Å². The number of carbonyl (C=O) groups excluding carboxylic acids is 1. The second kappa shape index (κ2) is 6.16. The number of amides is 1. The molecule has 4 rings (SSSR count). The minimum absolute atomic E-state index is 0.122. The molecule has 0 spiro atoms. The Kier molecular flexibility index (Phi) is 3.70. The number of fused-ring (bicyclic) bond motifs is 1. The number of aryl methyl sites for hydroxylation is 1. The zero-order valence-electron chi connectivity index (χ0n) is 13.4. The topological polar surface area (TPSA) is 110 Å². The molecule has 0 unspecified atom stereocenters. The van der Waals surface area contributed by atoms with E-state index in [4.69, 9.17) is 4.52 Å². The summed E-state index contributed by atoms with van der Waals surface area (Å²) >= 11 is 0. The van der Waals surface area contributed by atoms with E-state index < -0.39 is 0 Å². The molecular weight excluding hydrogens is 320 g/mol. The van der Waals surface area contributed by atoms with Crippen LogP contribution in [0.25, 0.3) is 22.3 Å². The molecule has 1 aromatic carbocycles. The van der Waals surface area contributed by atoms with Crippen LogP contribution in [0.2, 0.25) is 0 Å². The van der Waals surface area contributed by atoms with Crippen molar-refractivity contribution in [1.29, 1.82) is 0 Å². The van der Waals surface area contributed by atoms with Gasteiger partial charge in [-0.3, -0.25) is 14.9 Å². The smallest absolute Gasteiger partial charge is 0.272 e. The summed E-state index contributed by atoms with van der Waals surface area (Å²) in [5.41, 5.74) is 3.01. The SMILES string of the molecule is Cc1ccc2[nH]nc(C(=O)NCc3nc(-c4ccncc4)no3)c2c1. The molecule has 3 aromatic heterocycles. The highest BCUT2D eigenvalue weighted by atomic mass is 16.5. The third-order valence-corrected chi connectivity index (χ3v) is 3.74. The maximum absolute atomic E-state index is 12.4. The first-order valence-electron chi connectivity index (χ1n) is 7.66. The molecule has 0 atom stereocenters. The Bertz CT molecular complexity index is 1040. The fraction of sp³-hybridized carbons (Fsp3) is 0.118. The quantitative estimate of drug-likeness (QED) is 0.592. The van der Waals surface area contributed by atoms with E-state index in [0.717, 1.165) is 22.0 Å². The van der Waals surface area contributed by atoms with Gasteiger partial charge in [-0.05, 0) is 31.2 Å². The summed E-state index contributed by atoms with van der Waals surface area (Å²) in [4.78, 5) is 20.6. The van der Waals surface area contributed by atoms with Gasteiger partial charge in [0, 0.05) is 23.3 Å². The lowest BCUT2D eigenvalue weighted by Crippen LogP contribution is -2.23. The van der Waals surface area contributed by atoms with E-state index >= 15 is 0 Å². The van der Waals surface area contributed by atoms with Crippen LogP contribution in [-0.4, -0.2) is 31.2 Å². The summed E-state index contributed by atoms with van der Waals surface area (Å²) < 4.78 is 5.17. The molecule has 0 radical (unpaired) electrons. The summed E-state index contributed by atoms with van der Waals surface area (Å²) in [5.74, 6) is 0.462. The summed E-state index contributed by atoms with van der Waals surface area (Å²) in [6.45, 7) is 2.09. The van der Waals surface area contributed by atoms with Crippen molar-refractivity contribution >= 4 is 16.8 Å². The lowest BCUT2D eigenvalue weighted by Gasteiger charge is -2.00. The van der Waals surface area contributed by atoms with Crippen LogP contribution < -0.4 is 5.32 Å². The van der Waals surface area contributed by atoms with Gasteiger partial charge in [0.25, 0.3) is 5.91 Å². The lowest BCUT2D eigenvalue weighted by atomic mass is 10.1. The van der Waals surface area contributed by atoms with Crippen LogP contribution in [-0.2, 0) is 6.54 Å². The van der Waals surface area contributed by atoms with Crippen LogP contribution in [0.1, 0.15) is 21.9 Å². The summed E-state index contributed by atoms with van der Waals surface area (Å²) in [5, 5.41) is 14.4. The van der Waals surface area contributed by atoms with Crippen molar-refractivity contribution < 1.29 is 9.32 Å². The Morgan fingerprint density at radius 1 is 1.24 bits per heavy atom. The molecule has 0 aliphatic rings. The number of hydrogen-bond acceptors (Lipinski definition) is 6. The van der Waals surface area contributed by atoms with Gasteiger partial charge in [0.1, 0.15) is 0 Å². The first-order valence-corrected chi connectivity index (χ1v) is 7.66. The number of hydrogen-bond donors (Lipinski definition) is 2. The van der Waals surface area contributed by atoms with Crippen LogP contribution in [0, 0.1) is 6.92 Å². The van der Waals surface area contributed by atoms with Gasteiger partial charge in [-0.2, -0.15) is 10.1 Å². The van der Waals surface area contributed by atoms with Crippen LogP contribution in [0.4, 0.5) is 0 Å². The van der Waals surface area contributed by atoms with Crippen LogP contribution in [0.3, 0.4) is 0 Å². The average Bonchev–Trinajstić information content (AvgIpc) is 3.27. The molecule has 0 bridgehead atoms. The number of benzene rings is 1. The van der Waals surface area contributed by atoms with Gasteiger partial charge >= 0.3 is 0 Å². The van der Waals surface area contributed by atoms with Gasteiger partial charge in [0.2, 0.25) is 11.7 Å². The number of aromatic amines is 1. The molecule has 0 saturated carbocycles. The molecule has 124 valence electrons. The van der Waals surface area contributed by atoms with E-state index in [0.29, 0.717) is 17.4 Å². The molecule has 0 saturated heterocycles. The number of nitrogens with one attached hydrogen (secondary N) is 2. The number of pyridine rings is 1. The zero-order chi connectivity index (χ0) is 17.2. The van der Waals surface area contributed by atoms with Crippen LogP contribution >= 0.6 is 0 Å². The fourth-order valence-corrected chi connectivity index (χ4v) is 2.49. The van der Waals surface area contributed by atoms with Gasteiger partial charge < -0.3 is 9.84 Å². The molecular formula is C17H14N6O2. The van der Waals surface area contributed by atoms with E-state index in [-0.39, 0.29) is 12.5 Å². The number of aromatic nitrogens is 5. The minimum Gasteiger partial charge on any atom is -0.342 e. The van der Waals surface area contributed by atoms with E-state index in [1.165, 1.54) is 0 Å². The van der Waals surface area contributed by atoms with Gasteiger partial charge in [0.15, 0.2) is 5.69 Å². The standard InChI is InChI=1S/C17H14N6O2/c1-10-2-3-13-12(8-10)15(22-21-13)17(24)19-9-14-20-16(23-25-14)11-4-6-18-7-5-11/h2-8H,9H2,1H3,(H,19,24)(H,21,22). The fourth-order valence-electron chi connectivity index (χ4n) is 2.49. The van der Waals surface area contributed by atoms with E-state index in [2.05, 4.69) is 30.6 Å². The first-order chi connectivity index (χ1) is 12.2. The van der Waals surface area contributed by atoms with Crippen molar-refractivity contribution in [2.24, 2.45) is 0 Å². The normalized spacial score (nSPS) is 10.9. The number of rotatable bonds is 4. The van der Waals surface area contributed by atoms with Gasteiger partial charge in [-0.25, -0.2) is 0 Å². The van der Waals surface area contributed by atoms with Crippen molar-refractivity contribution in [3.8, 4) is 11.4 Å². The molecule has 0 aliphatic carbocycles. The largest absolute Gasteiger partial charge is 0.342 e. The molecule has 3 heterocycles. The molecule has 2 N–H and O–H groups in total. The maximum atomic E-state index is 12.4. The second-order valence-corrected chi connectivity index (χ2v) is 5.55. The monoisotopic (exact) mass is 334 g/mol. The third-order valence-electron chi connectivity index (χ3n) is 3.74. The van der Waals surface area contributed by atoms with Crippen molar-refractivity contribution in [3.63, 3.8) is 0 Å². The Balaban J connectivity index is 1.48. The van der Waals surface area contributed by atoms with Gasteiger partial charge in [0.05, 0.1) is 12.1 Å². The van der Waals surface area contributed by atoms with Crippen molar-refractivity contribution in [2.75, 3.05) is 0 Å². The molecule has 4 aromatic rings. The second-order valence-electron chi connectivity index (χ2n) is 5.55. The Morgan fingerprint density at radius 2 is 2.08 bits per heavy atom. The molecule has 25 heavy (non-hydrogen) atoms. The highest BCUT2D eigenvalue weighted by Gasteiger charge is 2.15. The molecule has 8 nitrogen and oxygen atoms in total. The Labute approximate surface area is 142 Å². The number of nitrogens with zero attached hydrogens (tertiary/aromatic N) is 4. The predicted octanol–water partition coefficient (Wildman–Crippen LogP) is 2.25. The van der Waals surface area contributed by atoms with E-state index in [1.54, 1.807) is 24.5 Å². The molecule has 0 aliphatic heterocycles. The molecule has 0 fully saturated rings. The van der Waals surface area contributed by atoms with Crippen molar-refractivity contribution in [3.05, 3.63) is 59.9 Å². The summed E-state index contributed by atoms with van der Waals surface area (Å²) in [6.07, 6.45) is 3.30. The molecule has 8 heteroatoms. The van der Waals surface area contributed by atoms with Crippen LogP contribution in [0.15, 0.2) is 47.2 Å². The van der Waals surface area contributed by atoms with Crippen molar-refractivity contribution in [2.45, 2.75) is 13.5 Å². The highest BCUT2D eigenvalue weighted by molar-refractivity contribution is 6.04. The van der Waals surface area contributed by atoms with E-state index in [9.17, 15) is 4.79 Å². The van der Waals surface area contributed by atoms with Gasteiger partial charge in [-0.1, -0.05) is 16.8 Å². The van der Waals surface area contributed by atoms with Crippen LogP contribution in [0.5, 0.6) is 0 Å². The minimum atomic E-state index is -0.305. The molecule has 1 amide bonds. The lowest BCUT2D eigenvalue weighted by molar-refractivity contribution is 0.0943. The predicted molar refractivity (Wildman–Crippen MR) is 89.5 cm³/mol. The number of carbonyl (C=O) groups is 1. The first kappa shape index (κ1) is 15.0.